The molecule has 3 nitrogen and oxygen atoms in total. The fourth-order valence-electron chi connectivity index (χ4n) is 5.75. The van der Waals surface area contributed by atoms with Crippen LogP contribution in [0.1, 0.15) is 43.4 Å². The van der Waals surface area contributed by atoms with Crippen LogP contribution in [0, 0.1) is 18.4 Å². The molecule has 3 heteroatoms. The lowest BCUT2D eigenvalue weighted by Gasteiger charge is -2.53. The van der Waals surface area contributed by atoms with Gasteiger partial charge >= 0.3 is 0 Å². The lowest BCUT2D eigenvalue weighted by molar-refractivity contribution is -0.0134. The number of nitrogens with zero attached hydrogens (tertiary/aromatic N) is 2. The molecule has 1 aliphatic carbocycles. The van der Waals surface area contributed by atoms with E-state index in [1.807, 2.05) is 6.07 Å². The molecule has 4 aliphatic rings. The molecule has 0 spiro atoms. The van der Waals surface area contributed by atoms with Crippen molar-refractivity contribution in [1.82, 2.24) is 9.88 Å². The number of hydrogen-bond acceptors (Lipinski definition) is 1. The Bertz CT molecular complexity index is 812. The Kier molecular flexibility index (Phi) is 2.87. The zero-order chi connectivity index (χ0) is 15.6. The van der Waals surface area contributed by atoms with Gasteiger partial charge in [-0.25, -0.2) is 4.85 Å². The normalized spacial score (nSPS) is 34.9. The fraction of sp³-hybridized carbons (Fsp3) is 0.550. The molecule has 1 aromatic carbocycles. The van der Waals surface area contributed by atoms with E-state index < -0.39 is 0 Å². The molecular formula is C20H23N3. The zero-order valence-corrected chi connectivity index (χ0v) is 13.7. The molecule has 4 bridgehead atoms. The molecule has 2 saturated heterocycles. The Balaban J connectivity index is 1.68. The largest absolute Gasteiger partial charge is 0.358 e. The molecule has 2 aromatic rings. The van der Waals surface area contributed by atoms with Gasteiger partial charge in [-0.3, -0.25) is 4.90 Å². The summed E-state index contributed by atoms with van der Waals surface area (Å²) in [5, 5.41) is 1.30. The van der Waals surface area contributed by atoms with Gasteiger partial charge in [-0.15, -0.1) is 0 Å². The van der Waals surface area contributed by atoms with Gasteiger partial charge in [0.1, 0.15) is 0 Å². The highest BCUT2D eigenvalue weighted by atomic mass is 15.2. The van der Waals surface area contributed by atoms with E-state index in [4.69, 9.17) is 6.57 Å². The predicted molar refractivity (Wildman–Crippen MR) is 92.9 cm³/mol. The first-order valence-electron chi connectivity index (χ1n) is 9.04. The lowest BCUT2D eigenvalue weighted by Crippen LogP contribution is -2.56. The highest BCUT2D eigenvalue weighted by molar-refractivity contribution is 5.88. The molecule has 3 fully saturated rings. The SMILES string of the molecule is [C-]#[N+]c1ccc2[nH]c3c(c2c1)CCN1C[C@H]2C[C@H](CC)C1[C@H]3C2. The Labute approximate surface area is 137 Å². The molecule has 1 N–H and O–H groups in total. The van der Waals surface area contributed by atoms with Crippen LogP contribution < -0.4 is 0 Å². The predicted octanol–water partition coefficient (Wildman–Crippen LogP) is 4.48. The standard InChI is InChI=1S/C20H23N3/c1-3-13-8-12-9-17-19-15(6-7-23(11-12)20(13)17)16-10-14(21-2)4-5-18(16)22-19/h4-5,10,12-13,17,20,22H,3,6-9,11H2,1H3/t12-,13-,17-,20?/m0/s1. The van der Waals surface area contributed by atoms with E-state index in [9.17, 15) is 0 Å². The number of fused-ring (bicyclic) bond motifs is 4. The van der Waals surface area contributed by atoms with Crippen molar-refractivity contribution >= 4 is 16.6 Å². The summed E-state index contributed by atoms with van der Waals surface area (Å²) in [4.78, 5) is 10.2. The van der Waals surface area contributed by atoms with E-state index in [2.05, 4.69) is 33.8 Å². The third-order valence-electron chi connectivity index (χ3n) is 6.63. The third-order valence-corrected chi connectivity index (χ3v) is 6.63. The first-order valence-corrected chi connectivity index (χ1v) is 9.04. The van der Waals surface area contributed by atoms with Crippen molar-refractivity contribution in [1.29, 1.82) is 0 Å². The molecule has 0 amide bonds. The Morgan fingerprint density at radius 3 is 3.09 bits per heavy atom. The highest BCUT2D eigenvalue weighted by Gasteiger charge is 2.48. The van der Waals surface area contributed by atoms with Gasteiger partial charge in [0.25, 0.3) is 0 Å². The van der Waals surface area contributed by atoms with Crippen molar-refractivity contribution < 1.29 is 0 Å². The maximum absolute atomic E-state index is 7.30. The first kappa shape index (κ1) is 13.6. The maximum atomic E-state index is 7.30. The van der Waals surface area contributed by atoms with Crippen LogP contribution in [0.2, 0.25) is 0 Å². The van der Waals surface area contributed by atoms with E-state index in [1.54, 1.807) is 0 Å². The fourth-order valence-corrected chi connectivity index (χ4v) is 5.75. The minimum atomic E-state index is 0.675. The van der Waals surface area contributed by atoms with Gasteiger partial charge in [-0.05, 0) is 54.2 Å². The smallest absolute Gasteiger partial charge is 0.187 e. The molecule has 5 atom stereocenters. The molecular weight excluding hydrogens is 282 g/mol. The molecule has 3 aliphatic heterocycles. The van der Waals surface area contributed by atoms with Crippen LogP contribution in [-0.4, -0.2) is 29.0 Å². The van der Waals surface area contributed by atoms with Crippen LogP contribution in [-0.2, 0) is 6.42 Å². The number of aromatic nitrogens is 1. The summed E-state index contributed by atoms with van der Waals surface area (Å²) < 4.78 is 0. The van der Waals surface area contributed by atoms with E-state index in [0.29, 0.717) is 5.92 Å². The minimum Gasteiger partial charge on any atom is -0.358 e. The van der Waals surface area contributed by atoms with Crippen molar-refractivity contribution in [3.05, 3.63) is 40.9 Å². The van der Waals surface area contributed by atoms with E-state index in [0.717, 1.165) is 30.0 Å². The van der Waals surface area contributed by atoms with Crippen molar-refractivity contribution in [2.75, 3.05) is 13.1 Å². The summed E-state index contributed by atoms with van der Waals surface area (Å²) in [6, 6.07) is 6.88. The molecule has 4 heterocycles. The topological polar surface area (TPSA) is 23.4 Å². The van der Waals surface area contributed by atoms with Crippen molar-refractivity contribution in [3.8, 4) is 0 Å². The number of benzene rings is 1. The highest BCUT2D eigenvalue weighted by Crippen LogP contribution is 2.51. The van der Waals surface area contributed by atoms with Gasteiger partial charge in [0.15, 0.2) is 5.69 Å². The number of piperidine rings is 2. The molecule has 6 rings (SSSR count). The van der Waals surface area contributed by atoms with Gasteiger partial charge < -0.3 is 4.98 Å². The molecule has 23 heavy (non-hydrogen) atoms. The Morgan fingerprint density at radius 1 is 1.35 bits per heavy atom. The quantitative estimate of drug-likeness (QED) is 0.772. The van der Waals surface area contributed by atoms with Gasteiger partial charge in [0, 0.05) is 36.3 Å². The zero-order valence-electron chi connectivity index (χ0n) is 13.7. The third kappa shape index (κ3) is 1.85. The maximum Gasteiger partial charge on any atom is 0.187 e. The number of aromatic amines is 1. The second-order valence-corrected chi connectivity index (χ2v) is 7.71. The second kappa shape index (κ2) is 4.85. The van der Waals surface area contributed by atoms with Crippen LogP contribution in [0.15, 0.2) is 18.2 Å². The van der Waals surface area contributed by atoms with Gasteiger partial charge in [-0.2, -0.15) is 0 Å². The summed E-state index contributed by atoms with van der Waals surface area (Å²) in [7, 11) is 0. The first-order chi connectivity index (χ1) is 11.3. The molecule has 1 aromatic heterocycles. The molecule has 2 unspecified atom stereocenters. The van der Waals surface area contributed by atoms with Crippen LogP contribution in [0.3, 0.4) is 0 Å². The molecule has 0 radical (unpaired) electrons. The van der Waals surface area contributed by atoms with E-state index in [-0.39, 0.29) is 0 Å². The minimum absolute atomic E-state index is 0.675. The summed E-state index contributed by atoms with van der Waals surface area (Å²) in [6.45, 7) is 12.2. The van der Waals surface area contributed by atoms with E-state index in [1.165, 1.54) is 54.5 Å². The molecule has 1 saturated carbocycles. The van der Waals surface area contributed by atoms with Crippen LogP contribution in [0.5, 0.6) is 0 Å². The van der Waals surface area contributed by atoms with E-state index >= 15 is 0 Å². The number of H-pyrrole nitrogens is 1. The average Bonchev–Trinajstić information content (AvgIpc) is 2.92. The lowest BCUT2D eigenvalue weighted by atomic mass is 9.65. The van der Waals surface area contributed by atoms with Crippen molar-refractivity contribution in [2.24, 2.45) is 11.8 Å². The molecule has 118 valence electrons. The average molecular weight is 305 g/mol. The summed E-state index contributed by atoms with van der Waals surface area (Å²) in [5.41, 5.74) is 4.99. The van der Waals surface area contributed by atoms with Gasteiger partial charge in [0.2, 0.25) is 0 Å². The summed E-state index contributed by atoms with van der Waals surface area (Å²) >= 11 is 0. The van der Waals surface area contributed by atoms with Crippen molar-refractivity contribution in [3.63, 3.8) is 0 Å². The van der Waals surface area contributed by atoms with Gasteiger partial charge in [0.05, 0.1) is 6.57 Å². The van der Waals surface area contributed by atoms with Crippen molar-refractivity contribution in [2.45, 2.75) is 44.6 Å². The number of nitrogens with one attached hydrogen (secondary N) is 1. The van der Waals surface area contributed by atoms with Crippen LogP contribution >= 0.6 is 0 Å². The summed E-state index contributed by atoms with van der Waals surface area (Å²) in [5.74, 6) is 2.42. The van der Waals surface area contributed by atoms with Crippen LogP contribution in [0.25, 0.3) is 15.7 Å². The number of hydrogen-bond donors (Lipinski definition) is 1. The van der Waals surface area contributed by atoms with Crippen LogP contribution in [0.4, 0.5) is 5.69 Å². The van der Waals surface area contributed by atoms with Gasteiger partial charge in [-0.1, -0.05) is 19.4 Å². The Morgan fingerprint density at radius 2 is 2.26 bits per heavy atom. The summed E-state index contributed by atoms with van der Waals surface area (Å²) in [6.07, 6.45) is 5.23. The second-order valence-electron chi connectivity index (χ2n) is 7.71. The monoisotopic (exact) mass is 305 g/mol. The number of rotatable bonds is 1. The Hall–Kier alpha value is -1.79.